The van der Waals surface area contributed by atoms with Crippen LogP contribution in [0.2, 0.25) is 0 Å². The zero-order chi connectivity index (χ0) is 4.41. The first-order valence-electron chi connectivity index (χ1n) is 2.20. The van der Waals surface area contributed by atoms with Gasteiger partial charge >= 0.3 is 0 Å². The fourth-order valence-electron chi connectivity index (χ4n) is 0.607. The molecule has 0 nitrogen and oxygen atoms in total. The van der Waals surface area contributed by atoms with Crippen molar-refractivity contribution >= 4 is 15.9 Å². The first-order chi connectivity index (χ1) is 2.89. The Bertz CT molecular complexity index is 37.2. The van der Waals surface area contributed by atoms with E-state index in [4.69, 9.17) is 0 Å². The van der Waals surface area contributed by atoms with Crippen LogP contribution in [0.4, 0.5) is 0 Å². The van der Waals surface area contributed by atoms with Gasteiger partial charge in [0.2, 0.25) is 0 Å². The standard InChI is InChI=1S/C5H7Br/c6-5-3-1-2-4-5/h3-5H,1-2H2. The average molecular weight is 147 g/mol. The lowest BCUT2D eigenvalue weighted by molar-refractivity contribution is 1.05. The van der Waals surface area contributed by atoms with Gasteiger partial charge in [-0.25, -0.2) is 0 Å². The van der Waals surface area contributed by atoms with Crippen LogP contribution in [0.5, 0.6) is 0 Å². The molecule has 0 heterocycles. The van der Waals surface area contributed by atoms with E-state index in [1.807, 2.05) is 0 Å². The number of rotatable bonds is 0. The summed E-state index contributed by atoms with van der Waals surface area (Å²) in [4.78, 5) is 0.609. The maximum absolute atomic E-state index is 3.43. The molecule has 1 fully saturated rings. The molecule has 6 heavy (non-hydrogen) atoms. The highest BCUT2D eigenvalue weighted by atomic mass is 79.9. The Kier molecular flexibility index (Phi) is 1.52. The molecule has 0 aromatic heterocycles. The summed E-state index contributed by atoms with van der Waals surface area (Å²) >= 11 is 3.43. The van der Waals surface area contributed by atoms with Crippen molar-refractivity contribution in [1.82, 2.24) is 0 Å². The third-order valence-corrected chi connectivity index (χ3v) is 1.70. The Labute approximate surface area is 47.1 Å². The van der Waals surface area contributed by atoms with Gasteiger partial charge < -0.3 is 0 Å². The minimum atomic E-state index is 0.609. The summed E-state index contributed by atoms with van der Waals surface area (Å²) in [5.41, 5.74) is 0. The fourth-order valence-corrected chi connectivity index (χ4v) is 1.14. The Morgan fingerprint density at radius 1 is 1.33 bits per heavy atom. The topological polar surface area (TPSA) is 0 Å². The van der Waals surface area contributed by atoms with Crippen LogP contribution in [0.25, 0.3) is 0 Å². The molecule has 1 aliphatic rings. The van der Waals surface area contributed by atoms with Crippen LogP contribution in [0.15, 0.2) is 0 Å². The van der Waals surface area contributed by atoms with Gasteiger partial charge in [-0.1, -0.05) is 15.9 Å². The van der Waals surface area contributed by atoms with Gasteiger partial charge in [-0.3, -0.25) is 0 Å². The smallest absolute Gasteiger partial charge is 0.0208 e. The van der Waals surface area contributed by atoms with E-state index in [2.05, 4.69) is 28.8 Å². The van der Waals surface area contributed by atoms with Crippen molar-refractivity contribution in [2.24, 2.45) is 0 Å². The SMILES string of the molecule is BrC1[CH]CC[CH]1. The summed E-state index contributed by atoms with van der Waals surface area (Å²) in [6.07, 6.45) is 7.05. The molecule has 1 heteroatoms. The summed E-state index contributed by atoms with van der Waals surface area (Å²) in [5.74, 6) is 0. The molecule has 0 N–H and O–H groups in total. The zero-order valence-corrected chi connectivity index (χ0v) is 5.11. The number of hydrogen-bond acceptors (Lipinski definition) is 0. The van der Waals surface area contributed by atoms with Gasteiger partial charge in [-0.15, -0.1) is 0 Å². The fraction of sp³-hybridized carbons (Fsp3) is 0.600. The second-order valence-corrected chi connectivity index (χ2v) is 2.55. The van der Waals surface area contributed by atoms with Crippen LogP contribution in [0.3, 0.4) is 0 Å². The lowest BCUT2D eigenvalue weighted by Gasteiger charge is -1.87. The largest absolute Gasteiger partial charge is 0.0884 e. The van der Waals surface area contributed by atoms with Crippen molar-refractivity contribution < 1.29 is 0 Å². The van der Waals surface area contributed by atoms with Crippen molar-refractivity contribution in [3.8, 4) is 0 Å². The van der Waals surface area contributed by atoms with Crippen molar-refractivity contribution in [3.05, 3.63) is 12.8 Å². The first kappa shape index (κ1) is 4.63. The second-order valence-electron chi connectivity index (χ2n) is 1.49. The Hall–Kier alpha value is 0.480. The monoisotopic (exact) mass is 146 g/mol. The molecule has 0 atom stereocenters. The predicted octanol–water partition coefficient (Wildman–Crippen LogP) is 1.95. The molecule has 0 aromatic carbocycles. The van der Waals surface area contributed by atoms with Crippen molar-refractivity contribution in [2.75, 3.05) is 0 Å². The molecule has 0 aromatic rings. The van der Waals surface area contributed by atoms with E-state index in [1.165, 1.54) is 12.8 Å². The van der Waals surface area contributed by atoms with Crippen LogP contribution in [0.1, 0.15) is 12.8 Å². The average Bonchev–Trinajstić information content (AvgIpc) is 1.86. The van der Waals surface area contributed by atoms with Gasteiger partial charge in [0, 0.05) is 4.83 Å². The number of hydrogen-bond donors (Lipinski definition) is 0. The minimum Gasteiger partial charge on any atom is -0.0884 e. The lowest BCUT2D eigenvalue weighted by atomic mass is 10.4. The van der Waals surface area contributed by atoms with Crippen molar-refractivity contribution in [1.29, 1.82) is 0 Å². The summed E-state index contributed by atoms with van der Waals surface area (Å²) in [7, 11) is 0. The Morgan fingerprint density at radius 2 is 1.83 bits per heavy atom. The molecule has 2 radical (unpaired) electrons. The van der Waals surface area contributed by atoms with Crippen LogP contribution < -0.4 is 0 Å². The van der Waals surface area contributed by atoms with Crippen LogP contribution >= 0.6 is 15.9 Å². The molecule has 0 unspecified atom stereocenters. The summed E-state index contributed by atoms with van der Waals surface area (Å²) in [6.45, 7) is 0. The maximum Gasteiger partial charge on any atom is 0.0208 e. The van der Waals surface area contributed by atoms with Crippen LogP contribution in [-0.2, 0) is 0 Å². The number of halogens is 1. The summed E-state index contributed by atoms with van der Waals surface area (Å²) in [5, 5.41) is 0. The van der Waals surface area contributed by atoms with E-state index in [0.29, 0.717) is 4.83 Å². The molecule has 34 valence electrons. The molecule has 0 amide bonds. The van der Waals surface area contributed by atoms with E-state index in [-0.39, 0.29) is 0 Å². The summed E-state index contributed by atoms with van der Waals surface area (Å²) in [6, 6.07) is 0. The Morgan fingerprint density at radius 3 is 2.00 bits per heavy atom. The zero-order valence-electron chi connectivity index (χ0n) is 3.52. The van der Waals surface area contributed by atoms with Gasteiger partial charge in [0.05, 0.1) is 0 Å². The third-order valence-electron chi connectivity index (χ3n) is 0.950. The van der Waals surface area contributed by atoms with Crippen molar-refractivity contribution in [2.45, 2.75) is 17.7 Å². The van der Waals surface area contributed by atoms with Gasteiger partial charge in [-0.2, -0.15) is 0 Å². The molecular formula is C5H7Br. The molecule has 0 spiro atoms. The van der Waals surface area contributed by atoms with Gasteiger partial charge in [-0.05, 0) is 25.7 Å². The Balaban J connectivity index is 2.18. The van der Waals surface area contributed by atoms with Crippen molar-refractivity contribution in [3.63, 3.8) is 0 Å². The summed E-state index contributed by atoms with van der Waals surface area (Å²) < 4.78 is 0. The molecule has 0 bridgehead atoms. The highest BCUT2D eigenvalue weighted by molar-refractivity contribution is 9.09. The van der Waals surface area contributed by atoms with Crippen LogP contribution in [0, 0.1) is 12.8 Å². The normalized spacial score (nSPS) is 25.5. The van der Waals surface area contributed by atoms with Gasteiger partial charge in [0.1, 0.15) is 0 Å². The first-order valence-corrected chi connectivity index (χ1v) is 3.12. The highest BCUT2D eigenvalue weighted by Crippen LogP contribution is 2.21. The van der Waals surface area contributed by atoms with Gasteiger partial charge in [0.25, 0.3) is 0 Å². The molecular weight excluding hydrogens is 140 g/mol. The van der Waals surface area contributed by atoms with Gasteiger partial charge in [0.15, 0.2) is 0 Å². The minimum absolute atomic E-state index is 0.609. The molecule has 0 aliphatic heterocycles. The van der Waals surface area contributed by atoms with E-state index in [1.54, 1.807) is 0 Å². The van der Waals surface area contributed by atoms with E-state index in [9.17, 15) is 0 Å². The quantitative estimate of drug-likeness (QED) is 0.459. The number of alkyl halides is 1. The molecule has 1 aliphatic carbocycles. The van der Waals surface area contributed by atoms with E-state index in [0.717, 1.165) is 0 Å². The van der Waals surface area contributed by atoms with Crippen LogP contribution in [-0.4, -0.2) is 4.83 Å². The molecule has 1 rings (SSSR count). The highest BCUT2D eigenvalue weighted by Gasteiger charge is 2.09. The van der Waals surface area contributed by atoms with E-state index >= 15 is 0 Å². The third kappa shape index (κ3) is 0.970. The van der Waals surface area contributed by atoms with E-state index < -0.39 is 0 Å². The molecule has 1 saturated carbocycles. The lowest BCUT2D eigenvalue weighted by Crippen LogP contribution is -1.84. The predicted molar refractivity (Wildman–Crippen MR) is 30.5 cm³/mol. The maximum atomic E-state index is 3.43. The second kappa shape index (κ2) is 1.97. The molecule has 0 saturated heterocycles.